The first-order valence-corrected chi connectivity index (χ1v) is 8.58. The Morgan fingerprint density at radius 2 is 2.16 bits per heavy atom. The molecular weight excluding hydrogens is 371 g/mol. The van der Waals surface area contributed by atoms with Gasteiger partial charge >= 0.3 is 0 Å². The summed E-state index contributed by atoms with van der Waals surface area (Å²) < 4.78 is 18.7. The highest BCUT2D eigenvalue weighted by molar-refractivity contribution is 7.99. The zero-order chi connectivity index (χ0) is 18.4. The van der Waals surface area contributed by atoms with Crippen LogP contribution in [-0.4, -0.2) is 23.7 Å². The van der Waals surface area contributed by atoms with Gasteiger partial charge in [-0.05, 0) is 18.2 Å². The van der Waals surface area contributed by atoms with Gasteiger partial charge in [0.2, 0.25) is 5.91 Å². The molecule has 0 aromatic heterocycles. The monoisotopic (exact) mass is 384 g/mol. The number of halogens is 2. The van der Waals surface area contributed by atoms with Crippen LogP contribution in [0.2, 0.25) is 5.02 Å². The molecule has 0 bridgehead atoms. The molecule has 25 heavy (non-hydrogen) atoms. The molecular formula is C16H14ClFN2O4S. The summed E-state index contributed by atoms with van der Waals surface area (Å²) in [6.45, 7) is 0. The van der Waals surface area contributed by atoms with Crippen molar-refractivity contribution in [2.45, 2.75) is 5.75 Å². The minimum atomic E-state index is -0.565. The molecule has 0 aliphatic heterocycles. The molecule has 0 unspecified atom stereocenters. The first-order valence-electron chi connectivity index (χ1n) is 7.05. The zero-order valence-corrected chi connectivity index (χ0v) is 14.7. The van der Waals surface area contributed by atoms with Crippen molar-refractivity contribution in [3.63, 3.8) is 0 Å². The number of rotatable bonds is 7. The number of nitrogens with one attached hydrogen (secondary N) is 1. The number of benzene rings is 2. The maximum absolute atomic E-state index is 13.7. The number of nitro benzene ring substituents is 1. The van der Waals surface area contributed by atoms with Crippen LogP contribution in [0, 0.1) is 15.9 Å². The first kappa shape index (κ1) is 19.0. The number of nitrogens with zero attached hydrogens (tertiary/aromatic N) is 1. The van der Waals surface area contributed by atoms with E-state index in [0.29, 0.717) is 16.3 Å². The highest BCUT2D eigenvalue weighted by Gasteiger charge is 2.14. The molecule has 2 aromatic rings. The molecule has 132 valence electrons. The van der Waals surface area contributed by atoms with Crippen molar-refractivity contribution >= 4 is 40.6 Å². The number of amides is 1. The number of non-ortho nitro benzene ring substituents is 1. The Bertz CT molecular complexity index is 783. The molecule has 0 saturated heterocycles. The third-order valence-corrected chi connectivity index (χ3v) is 4.52. The number of nitro groups is 1. The number of hydrogen-bond acceptors (Lipinski definition) is 5. The summed E-state index contributed by atoms with van der Waals surface area (Å²) in [7, 11) is 1.39. The van der Waals surface area contributed by atoms with Crippen molar-refractivity contribution < 1.29 is 18.8 Å². The first-order chi connectivity index (χ1) is 11.9. The Morgan fingerprint density at radius 1 is 1.40 bits per heavy atom. The molecule has 1 N–H and O–H groups in total. The molecule has 6 nitrogen and oxygen atoms in total. The van der Waals surface area contributed by atoms with Crippen LogP contribution < -0.4 is 10.1 Å². The predicted octanol–water partition coefficient (Wildman–Crippen LogP) is 4.27. The third-order valence-electron chi connectivity index (χ3n) is 3.21. The second-order valence-corrected chi connectivity index (χ2v) is 6.28. The summed E-state index contributed by atoms with van der Waals surface area (Å²) in [5, 5.41) is 13.7. The Labute approximate surface area is 152 Å². The van der Waals surface area contributed by atoms with Gasteiger partial charge in [-0.15, -0.1) is 11.8 Å². The van der Waals surface area contributed by atoms with Crippen LogP contribution in [0.25, 0.3) is 0 Å². The van der Waals surface area contributed by atoms with Gasteiger partial charge in [0.05, 0.1) is 23.5 Å². The topological polar surface area (TPSA) is 81.5 Å². The molecule has 0 aliphatic carbocycles. The Kier molecular flexibility index (Phi) is 6.60. The van der Waals surface area contributed by atoms with Crippen LogP contribution in [0.4, 0.5) is 15.8 Å². The second-order valence-electron chi connectivity index (χ2n) is 4.88. The molecule has 0 aliphatic rings. The maximum Gasteiger partial charge on any atom is 0.271 e. The Hall–Kier alpha value is -2.32. The number of carbonyl (C=O) groups is 1. The fourth-order valence-electron chi connectivity index (χ4n) is 2.01. The molecule has 0 atom stereocenters. The number of anilines is 1. The van der Waals surface area contributed by atoms with Crippen LogP contribution in [0.3, 0.4) is 0 Å². The van der Waals surface area contributed by atoms with E-state index in [9.17, 15) is 19.3 Å². The summed E-state index contributed by atoms with van der Waals surface area (Å²) in [6, 6.07) is 8.29. The smallest absolute Gasteiger partial charge is 0.271 e. The number of thioether (sulfide) groups is 1. The van der Waals surface area contributed by atoms with Gasteiger partial charge in [0.15, 0.2) is 0 Å². The van der Waals surface area contributed by atoms with Crippen LogP contribution in [0.15, 0.2) is 36.4 Å². The van der Waals surface area contributed by atoms with Gasteiger partial charge in [0.25, 0.3) is 5.69 Å². The Balaban J connectivity index is 1.98. The molecule has 2 aromatic carbocycles. The van der Waals surface area contributed by atoms with E-state index in [0.717, 1.165) is 0 Å². The molecule has 2 rings (SSSR count). The van der Waals surface area contributed by atoms with Gasteiger partial charge in [0.1, 0.15) is 11.6 Å². The molecule has 0 radical (unpaired) electrons. The van der Waals surface area contributed by atoms with Gasteiger partial charge in [0, 0.05) is 28.5 Å². The average Bonchev–Trinajstić information content (AvgIpc) is 2.57. The number of hydrogen-bond donors (Lipinski definition) is 1. The fourth-order valence-corrected chi connectivity index (χ4v) is 3.18. The lowest BCUT2D eigenvalue weighted by Gasteiger charge is -2.10. The summed E-state index contributed by atoms with van der Waals surface area (Å²) >= 11 is 7.10. The summed E-state index contributed by atoms with van der Waals surface area (Å²) in [5.74, 6) is -0.264. The molecule has 1 amide bonds. The van der Waals surface area contributed by atoms with E-state index in [1.54, 1.807) is 6.07 Å². The van der Waals surface area contributed by atoms with Crippen LogP contribution >= 0.6 is 23.4 Å². The predicted molar refractivity (Wildman–Crippen MR) is 95.9 cm³/mol. The van der Waals surface area contributed by atoms with Crippen molar-refractivity contribution in [2.75, 3.05) is 18.2 Å². The lowest BCUT2D eigenvalue weighted by atomic mass is 10.2. The minimum absolute atomic E-state index is 0.0243. The normalized spacial score (nSPS) is 10.4. The lowest BCUT2D eigenvalue weighted by Crippen LogP contribution is -2.15. The van der Waals surface area contributed by atoms with Gasteiger partial charge in [-0.3, -0.25) is 14.9 Å². The van der Waals surface area contributed by atoms with E-state index in [-0.39, 0.29) is 22.9 Å². The maximum atomic E-state index is 13.7. The van der Waals surface area contributed by atoms with Crippen molar-refractivity contribution in [3.05, 3.63) is 62.9 Å². The van der Waals surface area contributed by atoms with E-state index >= 15 is 0 Å². The lowest BCUT2D eigenvalue weighted by molar-refractivity contribution is -0.384. The van der Waals surface area contributed by atoms with E-state index < -0.39 is 16.6 Å². The SMILES string of the molecule is COc1ccc([N+](=O)[O-])cc1NC(=O)CSCc1c(F)cccc1Cl. The highest BCUT2D eigenvalue weighted by Crippen LogP contribution is 2.29. The van der Waals surface area contributed by atoms with Crippen molar-refractivity contribution in [1.82, 2.24) is 0 Å². The minimum Gasteiger partial charge on any atom is -0.495 e. The third kappa shape index (κ3) is 5.07. The number of methoxy groups -OCH3 is 1. The van der Waals surface area contributed by atoms with Crippen LogP contribution in [0.5, 0.6) is 5.75 Å². The molecule has 9 heteroatoms. The van der Waals surface area contributed by atoms with E-state index in [2.05, 4.69) is 5.32 Å². The summed E-state index contributed by atoms with van der Waals surface area (Å²) in [5.41, 5.74) is 0.364. The van der Waals surface area contributed by atoms with Crippen LogP contribution in [0.1, 0.15) is 5.56 Å². The van der Waals surface area contributed by atoms with Crippen molar-refractivity contribution in [2.24, 2.45) is 0 Å². The van der Waals surface area contributed by atoms with Gasteiger partial charge in [-0.2, -0.15) is 0 Å². The van der Waals surface area contributed by atoms with Gasteiger partial charge < -0.3 is 10.1 Å². The summed E-state index contributed by atoms with van der Waals surface area (Å²) in [6.07, 6.45) is 0. The zero-order valence-electron chi connectivity index (χ0n) is 13.1. The van der Waals surface area contributed by atoms with E-state index in [1.165, 1.54) is 49.2 Å². The largest absolute Gasteiger partial charge is 0.495 e. The van der Waals surface area contributed by atoms with Gasteiger partial charge in [-0.25, -0.2) is 4.39 Å². The van der Waals surface area contributed by atoms with Crippen molar-refractivity contribution in [3.8, 4) is 5.75 Å². The Morgan fingerprint density at radius 3 is 2.80 bits per heavy atom. The standard InChI is InChI=1S/C16H14ClFN2O4S/c1-24-15-6-5-10(20(22)23)7-14(15)19-16(21)9-25-8-11-12(17)3-2-4-13(11)18/h2-7H,8-9H2,1H3,(H,19,21). The quantitative estimate of drug-likeness (QED) is 0.569. The van der Waals surface area contributed by atoms with E-state index in [4.69, 9.17) is 16.3 Å². The molecule has 0 heterocycles. The number of ether oxygens (including phenoxy) is 1. The molecule has 0 fully saturated rings. The summed E-state index contributed by atoms with van der Waals surface area (Å²) in [4.78, 5) is 22.3. The highest BCUT2D eigenvalue weighted by atomic mass is 35.5. The van der Waals surface area contributed by atoms with Crippen LogP contribution in [-0.2, 0) is 10.5 Å². The molecule has 0 saturated carbocycles. The van der Waals surface area contributed by atoms with Crippen molar-refractivity contribution in [1.29, 1.82) is 0 Å². The fraction of sp³-hybridized carbons (Fsp3) is 0.188. The number of carbonyl (C=O) groups excluding carboxylic acids is 1. The van der Waals surface area contributed by atoms with Gasteiger partial charge in [-0.1, -0.05) is 17.7 Å². The second kappa shape index (κ2) is 8.68. The average molecular weight is 385 g/mol. The molecule has 0 spiro atoms. The van der Waals surface area contributed by atoms with E-state index in [1.807, 2.05) is 0 Å².